The Morgan fingerprint density at radius 1 is 1.32 bits per heavy atom. The summed E-state index contributed by atoms with van der Waals surface area (Å²) in [7, 11) is -3.88. The molecule has 1 aliphatic heterocycles. The summed E-state index contributed by atoms with van der Waals surface area (Å²) in [5.74, 6) is 0.632. The van der Waals surface area contributed by atoms with E-state index in [1.165, 1.54) is 47.0 Å². The molecule has 1 fully saturated rings. The molecule has 0 atom stereocenters. The average Bonchev–Trinajstić information content (AvgIpc) is 3.14. The average molecular weight is 461 g/mol. The van der Waals surface area contributed by atoms with Crippen LogP contribution in [0.1, 0.15) is 17.3 Å². The maximum absolute atomic E-state index is 12.9. The van der Waals surface area contributed by atoms with Gasteiger partial charge in [0.25, 0.3) is 15.9 Å². The third-order valence-corrected chi connectivity index (χ3v) is 8.02. The Balaban J connectivity index is 1.87. The summed E-state index contributed by atoms with van der Waals surface area (Å²) in [5, 5.41) is 8.02. The summed E-state index contributed by atoms with van der Waals surface area (Å²) in [6.45, 7) is 3.93. The summed E-state index contributed by atoms with van der Waals surface area (Å²) < 4.78 is 34.0. The molecule has 8 nitrogen and oxygen atoms in total. The number of anilines is 1. The Kier molecular flexibility index (Phi) is 7.20. The van der Waals surface area contributed by atoms with Crippen LogP contribution in [0.2, 0.25) is 0 Å². The van der Waals surface area contributed by atoms with Crippen LogP contribution in [-0.2, 0) is 14.8 Å². The first-order valence-electron chi connectivity index (χ1n) is 8.48. The minimum atomic E-state index is -3.88. The molecule has 1 saturated heterocycles. The van der Waals surface area contributed by atoms with Crippen molar-refractivity contribution in [2.75, 3.05) is 43.0 Å². The number of thioether (sulfide) groups is 2. The fourth-order valence-electron chi connectivity index (χ4n) is 2.56. The van der Waals surface area contributed by atoms with Crippen LogP contribution in [-0.4, -0.2) is 67.7 Å². The molecule has 152 valence electrons. The van der Waals surface area contributed by atoms with Crippen molar-refractivity contribution < 1.29 is 17.9 Å². The van der Waals surface area contributed by atoms with Gasteiger partial charge in [0.15, 0.2) is 4.34 Å². The lowest BCUT2D eigenvalue weighted by Gasteiger charge is -2.27. The Morgan fingerprint density at radius 2 is 2.07 bits per heavy atom. The van der Waals surface area contributed by atoms with Crippen molar-refractivity contribution in [3.63, 3.8) is 0 Å². The number of sulfonamides is 1. The summed E-state index contributed by atoms with van der Waals surface area (Å²) in [6, 6.07) is 4.58. The number of amides is 1. The maximum Gasteiger partial charge on any atom is 0.263 e. The Hall–Kier alpha value is -1.34. The number of carbonyl (C=O) groups is 1. The van der Waals surface area contributed by atoms with Crippen molar-refractivity contribution in [1.82, 2.24) is 15.1 Å². The first kappa shape index (κ1) is 21.4. The summed E-state index contributed by atoms with van der Waals surface area (Å²) in [6.07, 6.45) is 1.85. The number of carbonyl (C=O) groups excluding carboxylic acids is 1. The maximum atomic E-state index is 12.9. The highest BCUT2D eigenvalue weighted by Crippen LogP contribution is 2.29. The molecular weight excluding hydrogens is 440 g/mol. The van der Waals surface area contributed by atoms with E-state index in [1.54, 1.807) is 11.0 Å². The minimum absolute atomic E-state index is 0.0156. The number of nitrogens with zero attached hydrogens (tertiary/aromatic N) is 3. The van der Waals surface area contributed by atoms with Crippen LogP contribution < -0.4 is 4.72 Å². The monoisotopic (exact) mass is 460 g/mol. The van der Waals surface area contributed by atoms with E-state index >= 15 is 0 Å². The Labute approximate surface area is 176 Å². The molecule has 1 N–H and O–H groups in total. The molecular formula is C16H20N4O4S4. The highest BCUT2D eigenvalue weighted by Gasteiger charge is 2.24. The van der Waals surface area contributed by atoms with Crippen LogP contribution in [0.25, 0.3) is 0 Å². The SMILES string of the molecule is CCSc1nnc(NS(=O)(=O)c2ccc(SC)c(C(=O)N3CCOCC3)c2)s1. The van der Waals surface area contributed by atoms with Gasteiger partial charge in [-0.2, -0.15) is 0 Å². The second-order valence-electron chi connectivity index (χ2n) is 5.68. The van der Waals surface area contributed by atoms with Crippen molar-refractivity contribution in [2.45, 2.75) is 21.1 Å². The van der Waals surface area contributed by atoms with Gasteiger partial charge >= 0.3 is 0 Å². The van der Waals surface area contributed by atoms with E-state index < -0.39 is 10.0 Å². The number of rotatable bonds is 7. The standard InChI is InChI=1S/C16H20N4O4S4/c1-3-26-16-18-17-15(27-16)19-28(22,23)11-4-5-13(25-2)12(10-11)14(21)20-6-8-24-9-7-20/h4-5,10H,3,6-9H2,1-2H3,(H,17,19). The van der Waals surface area contributed by atoms with Crippen LogP contribution in [0.4, 0.5) is 5.13 Å². The number of benzene rings is 1. The van der Waals surface area contributed by atoms with Gasteiger partial charge in [-0.3, -0.25) is 9.52 Å². The molecule has 1 aromatic carbocycles. The largest absolute Gasteiger partial charge is 0.378 e. The van der Waals surface area contributed by atoms with Gasteiger partial charge in [0.2, 0.25) is 5.13 Å². The third kappa shape index (κ3) is 4.98. The summed E-state index contributed by atoms with van der Waals surface area (Å²) >= 11 is 4.07. The molecule has 1 amide bonds. The summed E-state index contributed by atoms with van der Waals surface area (Å²) in [5.41, 5.74) is 0.372. The first-order valence-corrected chi connectivity index (χ1v) is 13.0. The van der Waals surface area contributed by atoms with Gasteiger partial charge in [-0.15, -0.1) is 22.0 Å². The second kappa shape index (κ2) is 9.44. The van der Waals surface area contributed by atoms with Crippen LogP contribution in [0, 0.1) is 0 Å². The van der Waals surface area contributed by atoms with Gasteiger partial charge in [0.05, 0.1) is 23.7 Å². The zero-order chi connectivity index (χ0) is 20.1. The van der Waals surface area contributed by atoms with E-state index in [9.17, 15) is 13.2 Å². The van der Waals surface area contributed by atoms with E-state index in [-0.39, 0.29) is 15.9 Å². The number of ether oxygens (including phenoxy) is 1. The fourth-order valence-corrected chi connectivity index (χ4v) is 6.04. The molecule has 0 bridgehead atoms. The van der Waals surface area contributed by atoms with Crippen LogP contribution in [0.15, 0.2) is 32.3 Å². The smallest absolute Gasteiger partial charge is 0.263 e. The zero-order valence-electron chi connectivity index (χ0n) is 15.4. The molecule has 2 aromatic rings. The molecule has 0 aliphatic carbocycles. The van der Waals surface area contributed by atoms with Crippen molar-refractivity contribution in [1.29, 1.82) is 0 Å². The van der Waals surface area contributed by atoms with E-state index in [1.807, 2.05) is 13.2 Å². The third-order valence-electron chi connectivity index (χ3n) is 3.91. The number of hydrogen-bond acceptors (Lipinski definition) is 9. The highest BCUT2D eigenvalue weighted by atomic mass is 32.2. The lowest BCUT2D eigenvalue weighted by atomic mass is 10.2. The molecule has 28 heavy (non-hydrogen) atoms. The molecule has 12 heteroatoms. The molecule has 1 aromatic heterocycles. The Morgan fingerprint density at radius 3 is 2.75 bits per heavy atom. The molecule has 1 aliphatic rings. The van der Waals surface area contributed by atoms with Crippen molar-refractivity contribution in [3.8, 4) is 0 Å². The first-order chi connectivity index (χ1) is 13.4. The highest BCUT2D eigenvalue weighted by molar-refractivity contribution is 8.01. The van der Waals surface area contributed by atoms with E-state index in [0.29, 0.717) is 36.2 Å². The second-order valence-corrected chi connectivity index (χ2v) is 10.7. The van der Waals surface area contributed by atoms with E-state index in [2.05, 4.69) is 14.9 Å². The van der Waals surface area contributed by atoms with Gasteiger partial charge < -0.3 is 9.64 Å². The molecule has 3 rings (SSSR count). The normalized spacial score (nSPS) is 14.9. The molecule has 0 unspecified atom stereocenters. The fraction of sp³-hybridized carbons (Fsp3) is 0.438. The van der Waals surface area contributed by atoms with Crippen molar-refractivity contribution >= 4 is 55.9 Å². The van der Waals surface area contributed by atoms with E-state index in [4.69, 9.17) is 4.74 Å². The number of aromatic nitrogens is 2. The topological polar surface area (TPSA) is 101 Å². The molecule has 0 saturated carbocycles. The molecule has 0 radical (unpaired) electrons. The quantitative estimate of drug-likeness (QED) is 0.629. The molecule has 0 spiro atoms. The Bertz CT molecular complexity index is 942. The van der Waals surface area contributed by atoms with Crippen molar-refractivity contribution in [3.05, 3.63) is 23.8 Å². The predicted octanol–water partition coefficient (Wildman–Crippen LogP) is 2.65. The molecule has 2 heterocycles. The zero-order valence-corrected chi connectivity index (χ0v) is 18.6. The van der Waals surface area contributed by atoms with Crippen LogP contribution in [0.5, 0.6) is 0 Å². The van der Waals surface area contributed by atoms with Gasteiger partial charge in [-0.25, -0.2) is 8.42 Å². The number of hydrogen-bond donors (Lipinski definition) is 1. The van der Waals surface area contributed by atoms with Gasteiger partial charge in [0, 0.05) is 18.0 Å². The van der Waals surface area contributed by atoms with Crippen molar-refractivity contribution in [2.24, 2.45) is 0 Å². The van der Waals surface area contributed by atoms with Crippen LogP contribution >= 0.6 is 34.9 Å². The van der Waals surface area contributed by atoms with Gasteiger partial charge in [-0.1, -0.05) is 30.0 Å². The number of nitrogens with one attached hydrogen (secondary N) is 1. The minimum Gasteiger partial charge on any atom is -0.378 e. The lowest BCUT2D eigenvalue weighted by molar-refractivity contribution is 0.0300. The number of morpholine rings is 1. The van der Waals surface area contributed by atoms with Gasteiger partial charge in [0.1, 0.15) is 0 Å². The lowest BCUT2D eigenvalue weighted by Crippen LogP contribution is -2.40. The van der Waals surface area contributed by atoms with E-state index in [0.717, 1.165) is 10.6 Å². The predicted molar refractivity (Wildman–Crippen MR) is 112 cm³/mol. The van der Waals surface area contributed by atoms with Gasteiger partial charge in [-0.05, 0) is 30.2 Å². The van der Waals surface area contributed by atoms with Crippen LogP contribution in [0.3, 0.4) is 0 Å². The summed E-state index contributed by atoms with van der Waals surface area (Å²) in [4.78, 5) is 15.3.